The molecule has 1 atom stereocenters. The van der Waals surface area contributed by atoms with E-state index in [0.29, 0.717) is 0 Å². The second-order valence-electron chi connectivity index (χ2n) is 5.81. The van der Waals surface area contributed by atoms with Crippen molar-refractivity contribution in [2.75, 3.05) is 13.7 Å². The molecule has 1 saturated heterocycles. The number of ether oxygens (including phenoxy) is 1. The van der Waals surface area contributed by atoms with Crippen molar-refractivity contribution in [2.24, 2.45) is 0 Å². The molecule has 0 saturated carbocycles. The first-order valence-electron chi connectivity index (χ1n) is 7.53. The molecule has 1 fully saturated rings. The van der Waals surface area contributed by atoms with Gasteiger partial charge in [-0.2, -0.15) is 0 Å². The fourth-order valence-electron chi connectivity index (χ4n) is 3.39. The van der Waals surface area contributed by atoms with Gasteiger partial charge >= 0.3 is 0 Å². The van der Waals surface area contributed by atoms with E-state index < -0.39 is 0 Å². The molecule has 1 N–H and O–H groups in total. The van der Waals surface area contributed by atoms with Crippen molar-refractivity contribution in [3.63, 3.8) is 0 Å². The highest BCUT2D eigenvalue weighted by Crippen LogP contribution is 2.37. The summed E-state index contributed by atoms with van der Waals surface area (Å²) in [4.78, 5) is 0. The first-order valence-corrected chi connectivity index (χ1v) is 7.53. The van der Waals surface area contributed by atoms with E-state index in [-0.39, 0.29) is 5.54 Å². The zero-order valence-electron chi connectivity index (χ0n) is 12.8. The van der Waals surface area contributed by atoms with Crippen LogP contribution in [0.5, 0.6) is 5.75 Å². The van der Waals surface area contributed by atoms with Crippen LogP contribution in [-0.2, 0) is 5.54 Å². The van der Waals surface area contributed by atoms with Crippen LogP contribution in [0.3, 0.4) is 0 Å². The SMILES string of the molecule is CCC1(c2cc(C)c(OC)cc2C)CCCCCN1. The highest BCUT2D eigenvalue weighted by molar-refractivity contribution is 5.44. The Hall–Kier alpha value is -1.02. The Morgan fingerprint density at radius 1 is 1.16 bits per heavy atom. The van der Waals surface area contributed by atoms with Crippen molar-refractivity contribution in [1.29, 1.82) is 0 Å². The van der Waals surface area contributed by atoms with Crippen LogP contribution in [0.2, 0.25) is 0 Å². The van der Waals surface area contributed by atoms with Gasteiger partial charge in [-0.15, -0.1) is 0 Å². The smallest absolute Gasteiger partial charge is 0.122 e. The van der Waals surface area contributed by atoms with Gasteiger partial charge in [-0.3, -0.25) is 0 Å². The minimum absolute atomic E-state index is 0.164. The Kier molecular flexibility index (Phi) is 4.51. The molecule has 0 aromatic heterocycles. The third-order valence-corrected chi connectivity index (χ3v) is 4.60. The molecule has 0 radical (unpaired) electrons. The van der Waals surface area contributed by atoms with Crippen LogP contribution in [0.1, 0.15) is 55.7 Å². The van der Waals surface area contributed by atoms with E-state index in [0.717, 1.165) is 18.7 Å². The second-order valence-corrected chi connectivity index (χ2v) is 5.81. The summed E-state index contributed by atoms with van der Waals surface area (Å²) < 4.78 is 5.44. The average molecular weight is 261 g/mol. The number of methoxy groups -OCH3 is 1. The summed E-state index contributed by atoms with van der Waals surface area (Å²) in [5.41, 5.74) is 4.22. The van der Waals surface area contributed by atoms with Gasteiger partial charge in [0.1, 0.15) is 5.75 Å². The highest BCUT2D eigenvalue weighted by atomic mass is 16.5. The average Bonchev–Trinajstić information content (AvgIpc) is 2.67. The third-order valence-electron chi connectivity index (χ3n) is 4.60. The van der Waals surface area contributed by atoms with Gasteiger partial charge in [-0.1, -0.05) is 25.8 Å². The molecule has 2 nitrogen and oxygen atoms in total. The van der Waals surface area contributed by atoms with E-state index in [1.165, 1.54) is 42.4 Å². The predicted molar refractivity (Wildman–Crippen MR) is 80.9 cm³/mol. The molecule has 1 aromatic carbocycles. The Bertz CT molecular complexity index is 431. The van der Waals surface area contributed by atoms with E-state index in [4.69, 9.17) is 4.74 Å². The molecule has 1 aliphatic rings. The van der Waals surface area contributed by atoms with E-state index in [1.54, 1.807) is 7.11 Å². The molecule has 1 aliphatic heterocycles. The number of hydrogen-bond donors (Lipinski definition) is 1. The van der Waals surface area contributed by atoms with E-state index >= 15 is 0 Å². The van der Waals surface area contributed by atoms with Gasteiger partial charge in [0.25, 0.3) is 0 Å². The van der Waals surface area contributed by atoms with Crippen molar-refractivity contribution in [1.82, 2.24) is 5.32 Å². The van der Waals surface area contributed by atoms with Crippen LogP contribution < -0.4 is 10.1 Å². The quantitative estimate of drug-likeness (QED) is 0.885. The zero-order chi connectivity index (χ0) is 13.9. The van der Waals surface area contributed by atoms with E-state index in [2.05, 4.69) is 38.2 Å². The van der Waals surface area contributed by atoms with Crippen molar-refractivity contribution in [3.8, 4) is 5.75 Å². The maximum absolute atomic E-state index is 5.44. The van der Waals surface area contributed by atoms with Gasteiger partial charge in [-0.05, 0) is 62.4 Å². The minimum atomic E-state index is 0.164. The molecule has 1 heterocycles. The summed E-state index contributed by atoms with van der Waals surface area (Å²) in [6.45, 7) is 7.79. The lowest BCUT2D eigenvalue weighted by atomic mass is 9.80. The molecule has 0 aliphatic carbocycles. The second kappa shape index (κ2) is 5.96. The van der Waals surface area contributed by atoms with Crippen molar-refractivity contribution < 1.29 is 4.74 Å². The van der Waals surface area contributed by atoms with Gasteiger partial charge < -0.3 is 10.1 Å². The summed E-state index contributed by atoms with van der Waals surface area (Å²) in [6.07, 6.45) is 6.37. The third kappa shape index (κ3) is 2.79. The van der Waals surface area contributed by atoms with Crippen LogP contribution in [0.4, 0.5) is 0 Å². The Balaban J connectivity index is 2.45. The first-order chi connectivity index (χ1) is 9.13. The molecular formula is C17H27NO. The van der Waals surface area contributed by atoms with Crippen LogP contribution >= 0.6 is 0 Å². The predicted octanol–water partition coefficient (Wildman–Crippen LogP) is 4.08. The number of rotatable bonds is 3. The van der Waals surface area contributed by atoms with Gasteiger partial charge in [0.05, 0.1) is 7.11 Å². The maximum atomic E-state index is 5.44. The Morgan fingerprint density at radius 3 is 2.63 bits per heavy atom. The zero-order valence-corrected chi connectivity index (χ0v) is 12.8. The summed E-state index contributed by atoms with van der Waals surface area (Å²) in [5.74, 6) is 1.00. The van der Waals surface area contributed by atoms with E-state index in [1.807, 2.05) is 0 Å². The van der Waals surface area contributed by atoms with Gasteiger partial charge in [0.2, 0.25) is 0 Å². The topological polar surface area (TPSA) is 21.3 Å². The standard InChI is InChI=1S/C17H27NO/c1-5-17(9-7-6-8-10-18-17)15-11-14(3)16(19-4)12-13(15)2/h11-12,18H,5-10H2,1-4H3. The molecule has 19 heavy (non-hydrogen) atoms. The van der Waals surface area contributed by atoms with Crippen LogP contribution in [-0.4, -0.2) is 13.7 Å². The largest absolute Gasteiger partial charge is 0.496 e. The Labute approximate surface area is 117 Å². The number of hydrogen-bond acceptors (Lipinski definition) is 2. The van der Waals surface area contributed by atoms with E-state index in [9.17, 15) is 0 Å². The molecule has 0 amide bonds. The molecule has 1 unspecified atom stereocenters. The lowest BCUT2D eigenvalue weighted by Gasteiger charge is -2.35. The van der Waals surface area contributed by atoms with Crippen LogP contribution in [0.15, 0.2) is 12.1 Å². The molecular weight excluding hydrogens is 234 g/mol. The fraction of sp³-hybridized carbons (Fsp3) is 0.647. The van der Waals surface area contributed by atoms with Crippen LogP contribution in [0.25, 0.3) is 0 Å². The summed E-state index contributed by atoms with van der Waals surface area (Å²) in [6, 6.07) is 4.52. The summed E-state index contributed by atoms with van der Waals surface area (Å²) in [7, 11) is 1.75. The first kappa shape index (κ1) is 14.4. The normalized spacial score (nSPS) is 24.0. The highest BCUT2D eigenvalue weighted by Gasteiger charge is 2.32. The van der Waals surface area contributed by atoms with Gasteiger partial charge in [-0.25, -0.2) is 0 Å². The fourth-order valence-corrected chi connectivity index (χ4v) is 3.39. The number of nitrogens with one attached hydrogen (secondary N) is 1. The molecule has 1 aromatic rings. The van der Waals surface area contributed by atoms with Crippen molar-refractivity contribution >= 4 is 0 Å². The molecule has 0 bridgehead atoms. The molecule has 0 spiro atoms. The Morgan fingerprint density at radius 2 is 1.95 bits per heavy atom. The maximum Gasteiger partial charge on any atom is 0.122 e. The number of aryl methyl sites for hydroxylation is 2. The van der Waals surface area contributed by atoms with Crippen molar-refractivity contribution in [3.05, 3.63) is 28.8 Å². The molecule has 106 valence electrons. The van der Waals surface area contributed by atoms with Crippen LogP contribution in [0, 0.1) is 13.8 Å². The number of benzene rings is 1. The molecule has 2 heteroatoms. The lowest BCUT2D eigenvalue weighted by molar-refractivity contribution is 0.310. The monoisotopic (exact) mass is 261 g/mol. The summed E-state index contributed by atoms with van der Waals surface area (Å²) >= 11 is 0. The van der Waals surface area contributed by atoms with Gasteiger partial charge in [0.15, 0.2) is 0 Å². The van der Waals surface area contributed by atoms with Crippen molar-refractivity contribution in [2.45, 2.75) is 58.4 Å². The lowest BCUT2D eigenvalue weighted by Crippen LogP contribution is -2.41. The van der Waals surface area contributed by atoms with Gasteiger partial charge in [0, 0.05) is 5.54 Å². The summed E-state index contributed by atoms with van der Waals surface area (Å²) in [5, 5.41) is 3.83. The minimum Gasteiger partial charge on any atom is -0.496 e. The molecule has 2 rings (SSSR count).